The summed E-state index contributed by atoms with van der Waals surface area (Å²) in [5.41, 5.74) is 11.8. The van der Waals surface area contributed by atoms with Gasteiger partial charge in [0.25, 0.3) is 0 Å². The molecule has 0 amide bonds. The predicted octanol–water partition coefficient (Wildman–Crippen LogP) is 1.43. The van der Waals surface area contributed by atoms with Gasteiger partial charge < -0.3 is 21.1 Å². The van der Waals surface area contributed by atoms with Gasteiger partial charge in [-0.3, -0.25) is 0 Å². The monoisotopic (exact) mass is 266 g/mol. The average molecular weight is 267 g/mol. The summed E-state index contributed by atoms with van der Waals surface area (Å²) in [5, 5.41) is 10.1. The highest BCUT2D eigenvalue weighted by molar-refractivity contribution is 6.35. The van der Waals surface area contributed by atoms with Gasteiger partial charge in [-0.25, -0.2) is 9.79 Å². The van der Waals surface area contributed by atoms with E-state index in [-0.39, 0.29) is 11.7 Å². The predicted molar refractivity (Wildman–Crippen MR) is 70.4 cm³/mol. The Morgan fingerprint density at radius 1 is 1.39 bits per heavy atom. The number of guanidine groups is 1. The number of rotatable bonds is 2. The van der Waals surface area contributed by atoms with Crippen LogP contribution in [0.2, 0.25) is 5.02 Å². The maximum atomic E-state index is 11.0. The molecular weight excluding hydrogens is 256 g/mol. The van der Waals surface area contributed by atoms with Crippen LogP contribution in [0, 0.1) is 0 Å². The van der Waals surface area contributed by atoms with Gasteiger partial charge in [0.1, 0.15) is 5.69 Å². The van der Waals surface area contributed by atoms with Crippen LogP contribution in [0.5, 0.6) is 0 Å². The van der Waals surface area contributed by atoms with Crippen molar-refractivity contribution in [1.82, 2.24) is 4.57 Å². The highest BCUT2D eigenvalue weighted by Gasteiger charge is 2.14. The summed E-state index contributed by atoms with van der Waals surface area (Å²) in [7, 11) is 1.64. The van der Waals surface area contributed by atoms with Crippen LogP contribution in [0.25, 0.3) is 10.9 Å². The molecule has 1 aromatic carbocycles. The van der Waals surface area contributed by atoms with Crippen molar-refractivity contribution in [2.45, 2.75) is 0 Å². The summed E-state index contributed by atoms with van der Waals surface area (Å²) < 4.78 is 1.51. The van der Waals surface area contributed by atoms with Crippen LogP contribution in [-0.4, -0.2) is 21.6 Å². The van der Waals surface area contributed by atoms with Crippen LogP contribution in [0.3, 0.4) is 0 Å². The molecule has 0 saturated carbocycles. The lowest BCUT2D eigenvalue weighted by atomic mass is 10.2. The van der Waals surface area contributed by atoms with Gasteiger partial charge in [0.2, 0.25) is 0 Å². The number of nitrogens with zero attached hydrogens (tertiary/aromatic N) is 2. The number of carbonyl (C=O) groups is 1. The number of aliphatic imine (C=N–C) groups is 1. The Balaban J connectivity index is 2.75. The van der Waals surface area contributed by atoms with Gasteiger partial charge in [0, 0.05) is 12.4 Å². The first-order valence-corrected chi connectivity index (χ1v) is 5.40. The van der Waals surface area contributed by atoms with Crippen LogP contribution in [0.4, 0.5) is 5.69 Å². The molecule has 6 nitrogen and oxygen atoms in total. The molecular formula is C11H11ClN4O2. The van der Waals surface area contributed by atoms with Crippen LogP contribution in [0.1, 0.15) is 10.5 Å². The number of nitrogens with two attached hydrogens (primary N) is 2. The first-order valence-electron chi connectivity index (χ1n) is 5.02. The molecule has 0 aliphatic carbocycles. The molecule has 1 heterocycles. The van der Waals surface area contributed by atoms with Crippen molar-refractivity contribution < 1.29 is 9.90 Å². The molecule has 94 valence electrons. The molecule has 0 unspecified atom stereocenters. The molecule has 18 heavy (non-hydrogen) atoms. The molecule has 0 saturated heterocycles. The molecule has 2 aromatic rings. The van der Waals surface area contributed by atoms with E-state index < -0.39 is 5.97 Å². The Hall–Kier alpha value is -2.21. The van der Waals surface area contributed by atoms with E-state index >= 15 is 0 Å². The van der Waals surface area contributed by atoms with E-state index in [0.29, 0.717) is 21.6 Å². The number of hydrogen-bond acceptors (Lipinski definition) is 2. The van der Waals surface area contributed by atoms with Gasteiger partial charge in [-0.1, -0.05) is 11.6 Å². The number of hydrogen-bond donors (Lipinski definition) is 3. The second kappa shape index (κ2) is 4.23. The van der Waals surface area contributed by atoms with Gasteiger partial charge in [-0.15, -0.1) is 0 Å². The van der Waals surface area contributed by atoms with Gasteiger partial charge in [0.15, 0.2) is 5.96 Å². The Morgan fingerprint density at radius 3 is 2.61 bits per heavy atom. The second-order valence-corrected chi connectivity index (χ2v) is 4.20. The minimum absolute atomic E-state index is 0.0835. The molecule has 7 heteroatoms. The summed E-state index contributed by atoms with van der Waals surface area (Å²) in [6.07, 6.45) is 0. The van der Waals surface area contributed by atoms with Gasteiger partial charge in [0.05, 0.1) is 16.2 Å². The standard InChI is InChI=1S/C11H11ClN4O2/c1-16-8(10(17)18)3-5-2-6(15-11(13)14)4-7(12)9(5)16/h2-4H,1H3,(H,17,18)(H4,13,14,15). The third-order valence-corrected chi connectivity index (χ3v) is 2.83. The van der Waals surface area contributed by atoms with E-state index in [9.17, 15) is 4.79 Å². The summed E-state index contributed by atoms with van der Waals surface area (Å²) in [6.45, 7) is 0. The van der Waals surface area contributed by atoms with Crippen LogP contribution >= 0.6 is 11.6 Å². The number of halogens is 1. The molecule has 0 aliphatic rings. The van der Waals surface area contributed by atoms with Crippen LogP contribution in [-0.2, 0) is 7.05 Å². The minimum atomic E-state index is -1.02. The van der Waals surface area contributed by atoms with Crippen LogP contribution < -0.4 is 11.5 Å². The van der Waals surface area contributed by atoms with Crippen molar-refractivity contribution in [3.05, 3.63) is 28.9 Å². The van der Waals surface area contributed by atoms with Gasteiger partial charge in [-0.05, 0) is 18.2 Å². The first kappa shape index (κ1) is 12.3. The third-order valence-electron chi connectivity index (χ3n) is 2.54. The molecule has 0 aliphatic heterocycles. The highest BCUT2D eigenvalue weighted by Crippen LogP contribution is 2.31. The molecule has 0 atom stereocenters. The van der Waals surface area contributed by atoms with E-state index in [1.807, 2.05) is 0 Å². The maximum absolute atomic E-state index is 11.0. The lowest BCUT2D eigenvalue weighted by Gasteiger charge is -2.03. The molecule has 2 rings (SSSR count). The van der Waals surface area contributed by atoms with Gasteiger partial charge in [-0.2, -0.15) is 0 Å². The average Bonchev–Trinajstić information content (AvgIpc) is 2.55. The van der Waals surface area contributed by atoms with Crippen molar-refractivity contribution >= 4 is 40.1 Å². The van der Waals surface area contributed by atoms with E-state index in [2.05, 4.69) is 4.99 Å². The molecule has 0 fully saturated rings. The number of carboxylic acid groups (broad SMARTS) is 1. The van der Waals surface area contributed by atoms with Crippen molar-refractivity contribution in [2.24, 2.45) is 23.5 Å². The smallest absolute Gasteiger partial charge is 0.352 e. The van der Waals surface area contributed by atoms with Crippen molar-refractivity contribution in [3.63, 3.8) is 0 Å². The van der Waals surface area contributed by atoms with E-state index in [1.54, 1.807) is 19.2 Å². The van der Waals surface area contributed by atoms with Crippen LogP contribution in [0.15, 0.2) is 23.2 Å². The zero-order valence-electron chi connectivity index (χ0n) is 9.51. The summed E-state index contributed by atoms with van der Waals surface area (Å²) in [5.74, 6) is -1.10. The fourth-order valence-electron chi connectivity index (χ4n) is 1.85. The number of aryl methyl sites for hydroxylation is 1. The van der Waals surface area contributed by atoms with Crippen molar-refractivity contribution in [1.29, 1.82) is 0 Å². The molecule has 0 bridgehead atoms. The fraction of sp³-hybridized carbons (Fsp3) is 0.0909. The number of benzene rings is 1. The zero-order valence-corrected chi connectivity index (χ0v) is 10.3. The lowest BCUT2D eigenvalue weighted by molar-refractivity contribution is 0.0687. The number of fused-ring (bicyclic) bond motifs is 1. The van der Waals surface area contributed by atoms with E-state index in [1.165, 1.54) is 10.6 Å². The normalized spacial score (nSPS) is 10.6. The Kier molecular flexibility index (Phi) is 2.88. The van der Waals surface area contributed by atoms with Gasteiger partial charge >= 0.3 is 5.97 Å². The van der Waals surface area contributed by atoms with Crippen molar-refractivity contribution in [3.8, 4) is 0 Å². The highest BCUT2D eigenvalue weighted by atomic mass is 35.5. The Labute approximate surface area is 107 Å². The summed E-state index contributed by atoms with van der Waals surface area (Å²) >= 11 is 6.10. The number of aromatic nitrogens is 1. The van der Waals surface area contributed by atoms with E-state index in [4.69, 9.17) is 28.2 Å². The molecule has 1 aromatic heterocycles. The fourth-order valence-corrected chi connectivity index (χ4v) is 2.20. The molecule has 0 radical (unpaired) electrons. The molecule has 0 spiro atoms. The third kappa shape index (κ3) is 1.98. The summed E-state index contributed by atoms with van der Waals surface area (Å²) in [6, 6.07) is 4.78. The number of aromatic carboxylic acids is 1. The Morgan fingerprint density at radius 2 is 2.06 bits per heavy atom. The Bertz CT molecular complexity index is 671. The zero-order chi connectivity index (χ0) is 13.4. The second-order valence-electron chi connectivity index (χ2n) is 3.80. The SMILES string of the molecule is Cn1c(C(=O)O)cc2cc(N=C(N)N)cc(Cl)c21. The first-order chi connectivity index (χ1) is 8.40. The lowest BCUT2D eigenvalue weighted by Crippen LogP contribution is -2.21. The topological polar surface area (TPSA) is 107 Å². The number of carboxylic acids is 1. The van der Waals surface area contributed by atoms with Crippen molar-refractivity contribution in [2.75, 3.05) is 0 Å². The summed E-state index contributed by atoms with van der Waals surface area (Å²) in [4.78, 5) is 14.9. The molecule has 5 N–H and O–H groups in total. The quantitative estimate of drug-likeness (QED) is 0.565. The van der Waals surface area contributed by atoms with E-state index in [0.717, 1.165) is 0 Å². The minimum Gasteiger partial charge on any atom is -0.477 e. The largest absolute Gasteiger partial charge is 0.477 e. The maximum Gasteiger partial charge on any atom is 0.352 e.